The molecule has 12 nitrogen and oxygen atoms in total. The van der Waals surface area contributed by atoms with Gasteiger partial charge in [0.1, 0.15) is 0 Å². The molecule has 4 heterocycles. The molecule has 0 aromatic heterocycles. The molecular formula is C18H16N4O8. The summed E-state index contributed by atoms with van der Waals surface area (Å²) in [6.45, 7) is 3.19. The van der Waals surface area contributed by atoms with Crippen molar-refractivity contribution in [3.8, 4) is 0 Å². The highest BCUT2D eigenvalue weighted by atomic mass is 16.2. The third kappa shape index (κ3) is 8.47. The zero-order valence-corrected chi connectivity index (χ0v) is 15.7. The fraction of sp³-hybridized carbons (Fsp3) is 0.111. The van der Waals surface area contributed by atoms with Crippen LogP contribution in [0, 0.1) is 0 Å². The fourth-order valence-electron chi connectivity index (χ4n) is 1.73. The average molecular weight is 416 g/mol. The number of amides is 8. The monoisotopic (exact) mass is 416 g/mol. The molecule has 4 N–H and O–H groups in total. The van der Waals surface area contributed by atoms with Gasteiger partial charge in [0.15, 0.2) is 0 Å². The van der Waals surface area contributed by atoms with Crippen molar-refractivity contribution in [2.75, 3.05) is 0 Å². The third-order valence-corrected chi connectivity index (χ3v) is 3.15. The van der Waals surface area contributed by atoms with E-state index in [-0.39, 0.29) is 47.3 Å². The van der Waals surface area contributed by atoms with Crippen molar-refractivity contribution in [2.45, 2.75) is 13.8 Å². The minimum Gasteiger partial charge on any atom is -0.289 e. The summed E-state index contributed by atoms with van der Waals surface area (Å²) in [5, 5.41) is 8.25. The number of nitrogens with one attached hydrogen (secondary N) is 4. The molecule has 12 heteroatoms. The van der Waals surface area contributed by atoms with Gasteiger partial charge < -0.3 is 0 Å². The van der Waals surface area contributed by atoms with Crippen molar-refractivity contribution in [1.29, 1.82) is 0 Å². The van der Waals surface area contributed by atoms with Gasteiger partial charge in [-0.2, -0.15) is 0 Å². The maximum absolute atomic E-state index is 10.4. The van der Waals surface area contributed by atoms with Crippen molar-refractivity contribution < 1.29 is 38.4 Å². The van der Waals surface area contributed by atoms with E-state index in [0.29, 0.717) is 11.1 Å². The number of hydrogen-bond acceptors (Lipinski definition) is 8. The molecule has 0 aliphatic carbocycles. The summed E-state index contributed by atoms with van der Waals surface area (Å²) in [6.07, 6.45) is 7.35. The van der Waals surface area contributed by atoms with Gasteiger partial charge in [0, 0.05) is 47.6 Å². The summed E-state index contributed by atoms with van der Waals surface area (Å²) in [5.41, 5.74) is 0.963. The predicted octanol–water partition coefficient (Wildman–Crippen LogP) is -2.42. The lowest BCUT2D eigenvalue weighted by atomic mass is 10.3. The van der Waals surface area contributed by atoms with Crippen molar-refractivity contribution in [1.82, 2.24) is 21.3 Å². The van der Waals surface area contributed by atoms with Crippen molar-refractivity contribution in [2.24, 2.45) is 0 Å². The molecule has 30 heavy (non-hydrogen) atoms. The van der Waals surface area contributed by atoms with Crippen LogP contribution in [-0.4, -0.2) is 47.3 Å². The zero-order chi connectivity index (χ0) is 22.8. The number of carbonyl (C=O) groups is 8. The van der Waals surface area contributed by atoms with Crippen molar-refractivity contribution >= 4 is 47.3 Å². The van der Waals surface area contributed by atoms with Crippen molar-refractivity contribution in [3.05, 3.63) is 47.6 Å². The molecule has 0 spiro atoms. The van der Waals surface area contributed by atoms with Crippen LogP contribution in [0.1, 0.15) is 13.8 Å². The van der Waals surface area contributed by atoms with Gasteiger partial charge in [0.25, 0.3) is 47.3 Å². The smallest absolute Gasteiger partial charge is 0.253 e. The maximum Gasteiger partial charge on any atom is 0.253 e. The van der Waals surface area contributed by atoms with E-state index in [9.17, 15) is 38.4 Å². The Kier molecular flexibility index (Phi) is 8.44. The molecule has 156 valence electrons. The molecule has 0 bridgehead atoms. The third-order valence-electron chi connectivity index (χ3n) is 3.15. The number of imide groups is 4. The molecule has 0 fully saturated rings. The molecule has 4 aliphatic heterocycles. The van der Waals surface area contributed by atoms with Crippen LogP contribution in [0.5, 0.6) is 0 Å². The number of rotatable bonds is 0. The fourth-order valence-corrected chi connectivity index (χ4v) is 1.73. The lowest BCUT2D eigenvalue weighted by Gasteiger charge is -1.84. The second kappa shape index (κ2) is 10.8. The van der Waals surface area contributed by atoms with E-state index in [4.69, 9.17) is 0 Å². The lowest BCUT2D eigenvalue weighted by Crippen LogP contribution is -2.21. The molecule has 8 amide bonds. The summed E-state index contributed by atoms with van der Waals surface area (Å²) in [5.74, 6) is -2.50. The molecule has 0 unspecified atom stereocenters. The van der Waals surface area contributed by atoms with Gasteiger partial charge in [-0.05, 0) is 13.8 Å². The van der Waals surface area contributed by atoms with E-state index < -0.39 is 0 Å². The van der Waals surface area contributed by atoms with Crippen LogP contribution in [0.4, 0.5) is 0 Å². The molecule has 4 rings (SSSR count). The average Bonchev–Trinajstić information content (AvgIpc) is 3.36. The van der Waals surface area contributed by atoms with Crippen LogP contribution in [0.25, 0.3) is 0 Å². The number of hydrogen-bond donors (Lipinski definition) is 4. The normalized spacial score (nSPS) is 18.1. The number of carbonyl (C=O) groups excluding carboxylic acids is 8. The van der Waals surface area contributed by atoms with Gasteiger partial charge >= 0.3 is 0 Å². The molecule has 0 radical (unpaired) electrons. The standard InChI is InChI=1S/2C5H5NO2.2C4H3NO2/c2*1-3-2-4(7)6-5(3)8;2*6-3-1-2-4(7)5-3/h2*2H,1H3,(H,6,7,8);2*1-2H,(H,5,6,7). The quantitative estimate of drug-likeness (QED) is 0.314. The van der Waals surface area contributed by atoms with E-state index >= 15 is 0 Å². The Bertz CT molecular complexity index is 859. The minimum atomic E-state index is -0.329. The van der Waals surface area contributed by atoms with Gasteiger partial charge in [-0.25, -0.2) is 0 Å². The van der Waals surface area contributed by atoms with Gasteiger partial charge in [0.05, 0.1) is 0 Å². The van der Waals surface area contributed by atoms with Crippen LogP contribution < -0.4 is 21.3 Å². The molecule has 0 saturated heterocycles. The summed E-state index contributed by atoms with van der Waals surface area (Å²) in [7, 11) is 0. The highest BCUT2D eigenvalue weighted by molar-refractivity contribution is 6.16. The first kappa shape index (κ1) is 23.6. The molecule has 4 aliphatic rings. The first-order valence-corrected chi connectivity index (χ1v) is 8.11. The Hall–Kier alpha value is -4.48. The van der Waals surface area contributed by atoms with E-state index in [1.165, 1.54) is 36.5 Å². The molecule has 0 atom stereocenters. The second-order valence-corrected chi connectivity index (χ2v) is 5.67. The van der Waals surface area contributed by atoms with Crippen LogP contribution >= 0.6 is 0 Å². The Morgan fingerprint density at radius 3 is 0.767 bits per heavy atom. The first-order valence-electron chi connectivity index (χ1n) is 8.11. The summed E-state index contributed by atoms with van der Waals surface area (Å²) in [4.78, 5) is 81.4. The summed E-state index contributed by atoms with van der Waals surface area (Å²) in [6, 6.07) is 0. The Morgan fingerprint density at radius 1 is 0.433 bits per heavy atom. The largest absolute Gasteiger partial charge is 0.289 e. The molecule has 0 aromatic rings. The maximum atomic E-state index is 10.4. The van der Waals surface area contributed by atoms with Crippen LogP contribution in [0.3, 0.4) is 0 Å². The Balaban J connectivity index is 0.000000200. The van der Waals surface area contributed by atoms with E-state index in [1.807, 2.05) is 10.6 Å². The lowest BCUT2D eigenvalue weighted by molar-refractivity contribution is -0.125. The highest BCUT2D eigenvalue weighted by Crippen LogP contribution is 1.98. The van der Waals surface area contributed by atoms with Crippen LogP contribution in [0.2, 0.25) is 0 Å². The van der Waals surface area contributed by atoms with Gasteiger partial charge in [0.2, 0.25) is 0 Å². The van der Waals surface area contributed by atoms with E-state index in [1.54, 1.807) is 13.8 Å². The van der Waals surface area contributed by atoms with Crippen molar-refractivity contribution in [3.63, 3.8) is 0 Å². The molecular weight excluding hydrogens is 400 g/mol. The summed E-state index contributed by atoms with van der Waals surface area (Å²) < 4.78 is 0. The SMILES string of the molecule is CC1=CC(=O)NC1=O.CC1=CC(=O)NC1=O.O=C1C=CC(=O)N1.O=C1C=CC(=O)N1. The van der Waals surface area contributed by atoms with Crippen LogP contribution in [0.15, 0.2) is 47.6 Å². The predicted molar refractivity (Wildman–Crippen MR) is 98.4 cm³/mol. The molecule has 0 aromatic carbocycles. The van der Waals surface area contributed by atoms with Gasteiger partial charge in [-0.1, -0.05) is 0 Å². The Morgan fingerprint density at radius 2 is 0.700 bits per heavy atom. The highest BCUT2D eigenvalue weighted by Gasteiger charge is 2.15. The topological polar surface area (TPSA) is 185 Å². The summed E-state index contributed by atoms with van der Waals surface area (Å²) >= 11 is 0. The van der Waals surface area contributed by atoms with Gasteiger partial charge in [-0.3, -0.25) is 59.6 Å². The molecule has 0 saturated carbocycles. The van der Waals surface area contributed by atoms with E-state index in [0.717, 1.165) is 0 Å². The van der Waals surface area contributed by atoms with E-state index in [2.05, 4.69) is 10.6 Å². The second-order valence-electron chi connectivity index (χ2n) is 5.67. The first-order chi connectivity index (χ1) is 14.0. The zero-order valence-electron chi connectivity index (χ0n) is 15.7. The Labute approximate surface area is 169 Å². The van der Waals surface area contributed by atoms with Gasteiger partial charge in [-0.15, -0.1) is 0 Å². The van der Waals surface area contributed by atoms with Crippen LogP contribution in [-0.2, 0) is 38.4 Å². The minimum absolute atomic E-state index is 0.282.